The van der Waals surface area contributed by atoms with Gasteiger partial charge in [0.25, 0.3) is 0 Å². The summed E-state index contributed by atoms with van der Waals surface area (Å²) < 4.78 is 4.96. The van der Waals surface area contributed by atoms with Gasteiger partial charge in [-0.15, -0.1) is 0 Å². The van der Waals surface area contributed by atoms with Crippen LogP contribution in [-0.4, -0.2) is 46.7 Å². The van der Waals surface area contributed by atoms with Crippen molar-refractivity contribution in [1.82, 2.24) is 15.2 Å². The Kier molecular flexibility index (Phi) is 4.97. The highest BCUT2D eigenvalue weighted by molar-refractivity contribution is 5.76. The summed E-state index contributed by atoms with van der Waals surface area (Å²) in [6.45, 7) is 0.955. The van der Waals surface area contributed by atoms with Gasteiger partial charge in [0.05, 0.1) is 13.5 Å². The van der Waals surface area contributed by atoms with Crippen molar-refractivity contribution >= 4 is 12.0 Å². The van der Waals surface area contributed by atoms with Crippen molar-refractivity contribution in [2.75, 3.05) is 13.7 Å². The molecule has 2 amide bonds. The van der Waals surface area contributed by atoms with Gasteiger partial charge < -0.3 is 20.1 Å². The summed E-state index contributed by atoms with van der Waals surface area (Å²) in [6.07, 6.45) is 3.22. The summed E-state index contributed by atoms with van der Waals surface area (Å²) in [5, 5.41) is 11.6. The number of hydrogen-bond donors (Lipinski definition) is 2. The number of pyridine rings is 1. The fourth-order valence-corrected chi connectivity index (χ4v) is 2.43. The molecule has 0 bridgehead atoms. The highest BCUT2D eigenvalue weighted by atomic mass is 16.5. The van der Waals surface area contributed by atoms with Gasteiger partial charge in [0.1, 0.15) is 0 Å². The van der Waals surface area contributed by atoms with Gasteiger partial charge in [-0.3, -0.25) is 4.79 Å². The number of carbonyl (C=O) groups is 2. The SMILES string of the molecule is COc1ccc(CNC(=O)N2CCCC2CC(=O)O)cn1. The van der Waals surface area contributed by atoms with Gasteiger partial charge >= 0.3 is 12.0 Å². The second kappa shape index (κ2) is 6.92. The van der Waals surface area contributed by atoms with Crippen LogP contribution in [0.5, 0.6) is 5.88 Å². The van der Waals surface area contributed by atoms with Crippen molar-refractivity contribution in [1.29, 1.82) is 0 Å². The van der Waals surface area contributed by atoms with Gasteiger partial charge in [0, 0.05) is 31.4 Å². The minimum absolute atomic E-state index is 0.00247. The molecule has 1 aliphatic heterocycles. The van der Waals surface area contributed by atoms with E-state index in [1.54, 1.807) is 24.3 Å². The van der Waals surface area contributed by atoms with E-state index in [2.05, 4.69) is 10.3 Å². The molecule has 7 nitrogen and oxygen atoms in total. The highest BCUT2D eigenvalue weighted by Crippen LogP contribution is 2.20. The van der Waals surface area contributed by atoms with Crippen LogP contribution in [0, 0.1) is 0 Å². The van der Waals surface area contributed by atoms with E-state index in [0.29, 0.717) is 19.0 Å². The molecule has 1 saturated heterocycles. The normalized spacial score (nSPS) is 17.6. The monoisotopic (exact) mass is 293 g/mol. The van der Waals surface area contributed by atoms with Crippen LogP contribution < -0.4 is 10.1 Å². The number of urea groups is 1. The smallest absolute Gasteiger partial charge is 0.317 e. The molecule has 1 fully saturated rings. The van der Waals surface area contributed by atoms with E-state index in [9.17, 15) is 9.59 Å². The summed E-state index contributed by atoms with van der Waals surface area (Å²) in [5.41, 5.74) is 0.859. The molecular formula is C14H19N3O4. The number of amides is 2. The standard InChI is InChI=1S/C14H19N3O4/c1-21-12-5-4-10(8-15-12)9-16-14(20)17-6-2-3-11(17)7-13(18)19/h4-5,8,11H,2-3,6-7,9H2,1H3,(H,16,20)(H,18,19). The molecule has 1 aromatic heterocycles. The zero-order chi connectivity index (χ0) is 15.2. The van der Waals surface area contributed by atoms with E-state index in [1.165, 1.54) is 0 Å². The van der Waals surface area contributed by atoms with Crippen molar-refractivity contribution in [3.8, 4) is 5.88 Å². The number of carboxylic acids is 1. The van der Waals surface area contributed by atoms with Crippen LogP contribution in [-0.2, 0) is 11.3 Å². The molecule has 0 saturated carbocycles. The Bertz CT molecular complexity index is 503. The molecule has 0 radical (unpaired) electrons. The molecule has 21 heavy (non-hydrogen) atoms. The maximum atomic E-state index is 12.1. The van der Waals surface area contributed by atoms with Crippen molar-refractivity contribution in [3.63, 3.8) is 0 Å². The first-order valence-corrected chi connectivity index (χ1v) is 6.85. The van der Waals surface area contributed by atoms with Crippen molar-refractivity contribution in [2.24, 2.45) is 0 Å². The second-order valence-electron chi connectivity index (χ2n) is 4.95. The van der Waals surface area contributed by atoms with Gasteiger partial charge in [-0.05, 0) is 18.4 Å². The third-order valence-electron chi connectivity index (χ3n) is 3.50. The molecule has 114 valence electrons. The number of nitrogens with zero attached hydrogens (tertiary/aromatic N) is 2. The number of nitrogens with one attached hydrogen (secondary N) is 1. The van der Waals surface area contributed by atoms with E-state index in [-0.39, 0.29) is 18.5 Å². The fourth-order valence-electron chi connectivity index (χ4n) is 2.43. The number of carbonyl (C=O) groups excluding carboxylic acids is 1. The Hall–Kier alpha value is -2.31. The lowest BCUT2D eigenvalue weighted by Gasteiger charge is -2.23. The molecule has 7 heteroatoms. The lowest BCUT2D eigenvalue weighted by Crippen LogP contribution is -2.43. The second-order valence-corrected chi connectivity index (χ2v) is 4.95. The first-order chi connectivity index (χ1) is 10.1. The Morgan fingerprint density at radius 1 is 1.52 bits per heavy atom. The molecule has 2 N–H and O–H groups in total. The first kappa shape index (κ1) is 15.1. The summed E-state index contributed by atoms with van der Waals surface area (Å²) in [6, 6.07) is 3.11. The molecule has 1 aliphatic rings. The Balaban J connectivity index is 1.87. The van der Waals surface area contributed by atoms with Crippen LogP contribution in [0.25, 0.3) is 0 Å². The van der Waals surface area contributed by atoms with Crippen LogP contribution in [0.2, 0.25) is 0 Å². The molecule has 2 heterocycles. The quantitative estimate of drug-likeness (QED) is 0.852. The van der Waals surface area contributed by atoms with Gasteiger partial charge in [0.2, 0.25) is 5.88 Å². The molecule has 1 aromatic rings. The minimum Gasteiger partial charge on any atom is -0.481 e. The minimum atomic E-state index is -0.876. The Labute approximate surface area is 122 Å². The van der Waals surface area contributed by atoms with Gasteiger partial charge in [-0.1, -0.05) is 6.07 Å². The first-order valence-electron chi connectivity index (χ1n) is 6.85. The molecule has 0 aromatic carbocycles. The van der Waals surface area contributed by atoms with Crippen LogP contribution in [0.15, 0.2) is 18.3 Å². The van der Waals surface area contributed by atoms with E-state index in [1.807, 2.05) is 6.07 Å². The third-order valence-corrected chi connectivity index (χ3v) is 3.50. The van der Waals surface area contributed by atoms with Crippen molar-refractivity contribution in [3.05, 3.63) is 23.9 Å². The van der Waals surface area contributed by atoms with Crippen LogP contribution in [0.1, 0.15) is 24.8 Å². The number of hydrogen-bond acceptors (Lipinski definition) is 4. The molecule has 1 atom stereocenters. The van der Waals surface area contributed by atoms with Crippen LogP contribution in [0.3, 0.4) is 0 Å². The van der Waals surface area contributed by atoms with Crippen molar-refractivity contribution in [2.45, 2.75) is 31.8 Å². The lowest BCUT2D eigenvalue weighted by atomic mass is 10.1. The zero-order valence-electron chi connectivity index (χ0n) is 11.9. The number of ether oxygens (including phenoxy) is 1. The fraction of sp³-hybridized carbons (Fsp3) is 0.500. The average molecular weight is 293 g/mol. The number of carboxylic acid groups (broad SMARTS) is 1. The maximum Gasteiger partial charge on any atom is 0.317 e. The number of aliphatic carboxylic acids is 1. The molecular weight excluding hydrogens is 274 g/mol. The molecule has 2 rings (SSSR count). The Morgan fingerprint density at radius 3 is 2.95 bits per heavy atom. The van der Waals surface area contributed by atoms with Gasteiger partial charge in [0.15, 0.2) is 0 Å². The predicted molar refractivity (Wildman–Crippen MR) is 75.0 cm³/mol. The molecule has 0 spiro atoms. The third kappa shape index (κ3) is 4.08. The van der Waals surface area contributed by atoms with Crippen molar-refractivity contribution < 1.29 is 19.4 Å². The summed E-state index contributed by atoms with van der Waals surface area (Å²) in [5.74, 6) is -0.356. The Morgan fingerprint density at radius 2 is 2.33 bits per heavy atom. The van der Waals surface area contributed by atoms with E-state index < -0.39 is 5.97 Å². The predicted octanol–water partition coefficient (Wildman–Crippen LogP) is 1.24. The number of aromatic nitrogens is 1. The topological polar surface area (TPSA) is 91.8 Å². The van der Waals surface area contributed by atoms with E-state index >= 15 is 0 Å². The summed E-state index contributed by atoms with van der Waals surface area (Å²) >= 11 is 0. The van der Waals surface area contributed by atoms with Crippen LogP contribution in [0.4, 0.5) is 4.79 Å². The molecule has 1 unspecified atom stereocenters. The van der Waals surface area contributed by atoms with E-state index in [4.69, 9.17) is 9.84 Å². The van der Waals surface area contributed by atoms with Gasteiger partial charge in [-0.25, -0.2) is 9.78 Å². The average Bonchev–Trinajstić information content (AvgIpc) is 2.92. The summed E-state index contributed by atoms with van der Waals surface area (Å²) in [7, 11) is 1.54. The zero-order valence-corrected chi connectivity index (χ0v) is 11.9. The highest BCUT2D eigenvalue weighted by Gasteiger charge is 2.30. The van der Waals surface area contributed by atoms with Crippen LogP contribution >= 0.6 is 0 Å². The number of rotatable bonds is 5. The summed E-state index contributed by atoms with van der Waals surface area (Å²) in [4.78, 5) is 28.6. The number of methoxy groups -OCH3 is 1. The largest absolute Gasteiger partial charge is 0.481 e. The lowest BCUT2D eigenvalue weighted by molar-refractivity contribution is -0.137. The maximum absolute atomic E-state index is 12.1. The van der Waals surface area contributed by atoms with Gasteiger partial charge in [-0.2, -0.15) is 0 Å². The van der Waals surface area contributed by atoms with E-state index in [0.717, 1.165) is 18.4 Å². The number of likely N-dealkylation sites (tertiary alicyclic amines) is 1. The molecule has 0 aliphatic carbocycles.